The van der Waals surface area contributed by atoms with E-state index in [1.165, 1.54) is 5.69 Å². The molecule has 0 aliphatic carbocycles. The Morgan fingerprint density at radius 3 is 2.64 bits per heavy atom. The van der Waals surface area contributed by atoms with Crippen LogP contribution in [0.15, 0.2) is 35.3 Å². The van der Waals surface area contributed by atoms with Gasteiger partial charge in [-0.25, -0.2) is 4.99 Å². The number of hydrogen-bond donors (Lipinski definition) is 2. The normalized spacial score (nSPS) is 17.0. The minimum atomic E-state index is 0. The van der Waals surface area contributed by atoms with Crippen molar-refractivity contribution >= 4 is 41.5 Å². The predicted octanol–water partition coefficient (Wildman–Crippen LogP) is 1.77. The third kappa shape index (κ3) is 7.09. The van der Waals surface area contributed by atoms with Gasteiger partial charge in [0.25, 0.3) is 0 Å². The van der Waals surface area contributed by atoms with E-state index in [1.807, 2.05) is 13.0 Å². The van der Waals surface area contributed by atoms with Crippen molar-refractivity contribution in [1.29, 1.82) is 0 Å². The van der Waals surface area contributed by atoms with Crippen molar-refractivity contribution in [3.63, 3.8) is 0 Å². The minimum absolute atomic E-state index is 0. The summed E-state index contributed by atoms with van der Waals surface area (Å²) in [5.74, 6) is 1.30. The zero-order chi connectivity index (χ0) is 17.4. The van der Waals surface area contributed by atoms with Crippen molar-refractivity contribution in [3.05, 3.63) is 30.3 Å². The highest BCUT2D eigenvalue weighted by Gasteiger charge is 2.22. The highest BCUT2D eigenvalue weighted by molar-refractivity contribution is 14.0. The third-order valence-electron chi connectivity index (χ3n) is 4.18. The van der Waals surface area contributed by atoms with Gasteiger partial charge in [0.15, 0.2) is 5.96 Å². The van der Waals surface area contributed by atoms with Crippen molar-refractivity contribution < 1.29 is 4.79 Å². The highest BCUT2D eigenvalue weighted by Crippen LogP contribution is 2.22. The molecule has 1 unspecified atom stereocenters. The van der Waals surface area contributed by atoms with Gasteiger partial charge in [0.1, 0.15) is 6.54 Å². The average molecular weight is 459 g/mol. The van der Waals surface area contributed by atoms with Crippen molar-refractivity contribution in [3.8, 4) is 0 Å². The van der Waals surface area contributed by atoms with Gasteiger partial charge in [-0.05, 0) is 31.4 Å². The zero-order valence-corrected chi connectivity index (χ0v) is 17.7. The van der Waals surface area contributed by atoms with Gasteiger partial charge in [0, 0.05) is 46.0 Å². The first kappa shape index (κ1) is 21.5. The Morgan fingerprint density at radius 2 is 2.00 bits per heavy atom. The quantitative estimate of drug-likeness (QED) is 0.387. The van der Waals surface area contributed by atoms with E-state index in [1.54, 1.807) is 19.0 Å². The maximum absolute atomic E-state index is 11.7. The lowest BCUT2D eigenvalue weighted by Crippen LogP contribution is -2.41. The van der Waals surface area contributed by atoms with Gasteiger partial charge < -0.3 is 20.4 Å². The third-order valence-corrected chi connectivity index (χ3v) is 4.18. The lowest BCUT2D eigenvalue weighted by molar-refractivity contribution is -0.127. The van der Waals surface area contributed by atoms with E-state index in [0.717, 1.165) is 32.6 Å². The summed E-state index contributed by atoms with van der Waals surface area (Å²) in [6, 6.07) is 10.5. The number of hydrogen-bond acceptors (Lipinski definition) is 3. The van der Waals surface area contributed by atoms with Crippen LogP contribution in [-0.4, -0.2) is 63.6 Å². The zero-order valence-electron chi connectivity index (χ0n) is 15.4. The van der Waals surface area contributed by atoms with E-state index >= 15 is 0 Å². The summed E-state index contributed by atoms with van der Waals surface area (Å²) >= 11 is 0. The number of halogens is 1. The van der Waals surface area contributed by atoms with Crippen LogP contribution in [0.3, 0.4) is 0 Å². The molecular weight excluding hydrogens is 429 g/mol. The molecule has 1 aliphatic rings. The lowest BCUT2D eigenvalue weighted by Gasteiger charge is -2.19. The van der Waals surface area contributed by atoms with E-state index in [0.29, 0.717) is 11.9 Å². The maximum Gasteiger partial charge on any atom is 0.243 e. The van der Waals surface area contributed by atoms with Gasteiger partial charge in [0.2, 0.25) is 5.91 Å². The monoisotopic (exact) mass is 459 g/mol. The highest BCUT2D eigenvalue weighted by atomic mass is 127. The smallest absolute Gasteiger partial charge is 0.243 e. The lowest BCUT2D eigenvalue weighted by atomic mass is 10.1. The number of rotatable bonds is 6. The Labute approximate surface area is 168 Å². The van der Waals surface area contributed by atoms with E-state index in [4.69, 9.17) is 0 Å². The molecule has 0 radical (unpaired) electrons. The first-order valence-electron chi connectivity index (χ1n) is 8.62. The molecule has 25 heavy (non-hydrogen) atoms. The van der Waals surface area contributed by atoms with Crippen LogP contribution in [-0.2, 0) is 4.79 Å². The topological polar surface area (TPSA) is 60.0 Å². The Hall–Kier alpha value is -1.51. The number of carbonyl (C=O) groups is 1. The molecule has 0 bridgehead atoms. The van der Waals surface area contributed by atoms with Crippen molar-refractivity contribution in [2.75, 3.05) is 51.7 Å². The summed E-state index contributed by atoms with van der Waals surface area (Å²) in [6.07, 6.45) is 1.16. The van der Waals surface area contributed by atoms with E-state index in [-0.39, 0.29) is 36.4 Å². The molecule has 0 aromatic heterocycles. The first-order valence-corrected chi connectivity index (χ1v) is 8.62. The first-order chi connectivity index (χ1) is 11.6. The largest absolute Gasteiger partial charge is 0.371 e. The van der Waals surface area contributed by atoms with Crippen LogP contribution in [0.2, 0.25) is 0 Å². The van der Waals surface area contributed by atoms with Crippen LogP contribution >= 0.6 is 24.0 Å². The molecule has 1 aliphatic heterocycles. The minimum Gasteiger partial charge on any atom is -0.371 e. The Balaban J connectivity index is 0.00000312. The fourth-order valence-corrected chi connectivity index (χ4v) is 2.74. The standard InChI is InChI=1S/C18H29N5O.HI/c1-4-19-18(21-13-17(24)22(2)3)20-12-15-10-11-23(14-15)16-8-6-5-7-9-16;/h5-9,15H,4,10-14H2,1-3H3,(H2,19,20,21);1H. The van der Waals surface area contributed by atoms with Crippen molar-refractivity contribution in [1.82, 2.24) is 15.5 Å². The van der Waals surface area contributed by atoms with Crippen LogP contribution in [0.5, 0.6) is 0 Å². The summed E-state index contributed by atoms with van der Waals surface area (Å²) < 4.78 is 0. The molecule has 1 aromatic carbocycles. The second-order valence-corrected chi connectivity index (χ2v) is 6.30. The second-order valence-electron chi connectivity index (χ2n) is 6.30. The Morgan fingerprint density at radius 1 is 1.28 bits per heavy atom. The van der Waals surface area contributed by atoms with Crippen molar-refractivity contribution in [2.24, 2.45) is 10.9 Å². The van der Waals surface area contributed by atoms with Crippen LogP contribution in [0.25, 0.3) is 0 Å². The number of likely N-dealkylation sites (N-methyl/N-ethyl adjacent to an activating group) is 1. The molecule has 140 valence electrons. The molecule has 2 N–H and O–H groups in total. The number of guanidine groups is 1. The van der Waals surface area contributed by atoms with Crippen molar-refractivity contribution in [2.45, 2.75) is 13.3 Å². The van der Waals surface area contributed by atoms with Gasteiger partial charge in [-0.15, -0.1) is 24.0 Å². The predicted molar refractivity (Wildman–Crippen MR) is 115 cm³/mol. The molecular formula is C18H30IN5O. The molecule has 7 heteroatoms. The fourth-order valence-electron chi connectivity index (χ4n) is 2.74. The number of benzene rings is 1. The molecule has 0 saturated carbocycles. The summed E-state index contributed by atoms with van der Waals surface area (Å²) in [4.78, 5) is 20.0. The molecule has 1 heterocycles. The Kier molecular flexibility index (Phi) is 9.62. The summed E-state index contributed by atoms with van der Waals surface area (Å²) in [6.45, 7) is 5.98. The number of nitrogens with one attached hydrogen (secondary N) is 2. The van der Waals surface area contributed by atoms with Gasteiger partial charge in [-0.3, -0.25) is 4.79 Å². The van der Waals surface area contributed by atoms with Crippen LogP contribution in [0.4, 0.5) is 5.69 Å². The molecule has 1 saturated heterocycles. The summed E-state index contributed by atoms with van der Waals surface area (Å²) in [5.41, 5.74) is 1.29. The van der Waals surface area contributed by atoms with Crippen LogP contribution < -0.4 is 15.5 Å². The molecule has 0 spiro atoms. The Bertz CT molecular complexity index is 550. The maximum atomic E-state index is 11.7. The molecule has 1 amide bonds. The van der Waals surface area contributed by atoms with Gasteiger partial charge >= 0.3 is 0 Å². The molecule has 2 rings (SSSR count). The van der Waals surface area contributed by atoms with E-state index in [9.17, 15) is 4.79 Å². The molecule has 1 atom stereocenters. The number of para-hydroxylation sites is 1. The number of amides is 1. The van der Waals surface area contributed by atoms with Crippen LogP contribution in [0.1, 0.15) is 13.3 Å². The van der Waals surface area contributed by atoms with E-state index in [2.05, 4.69) is 44.8 Å². The SMILES string of the molecule is CCNC(=NCC(=O)N(C)C)NCC1CCN(c2ccccc2)C1.I. The fraction of sp³-hybridized carbons (Fsp3) is 0.556. The van der Waals surface area contributed by atoms with E-state index < -0.39 is 0 Å². The number of nitrogens with zero attached hydrogens (tertiary/aromatic N) is 3. The van der Waals surface area contributed by atoms with Gasteiger partial charge in [-0.2, -0.15) is 0 Å². The molecule has 1 fully saturated rings. The van der Waals surface area contributed by atoms with Gasteiger partial charge in [-0.1, -0.05) is 18.2 Å². The average Bonchev–Trinajstić information content (AvgIpc) is 3.06. The summed E-state index contributed by atoms with van der Waals surface area (Å²) in [5, 5.41) is 6.57. The second kappa shape index (κ2) is 11.2. The number of carbonyl (C=O) groups excluding carboxylic acids is 1. The number of aliphatic imine (C=N–C) groups is 1. The molecule has 6 nitrogen and oxygen atoms in total. The molecule has 1 aromatic rings. The van der Waals surface area contributed by atoms with Gasteiger partial charge in [0.05, 0.1) is 0 Å². The number of anilines is 1. The summed E-state index contributed by atoms with van der Waals surface area (Å²) in [7, 11) is 3.49. The van der Waals surface area contributed by atoms with Crippen LogP contribution in [0, 0.1) is 5.92 Å².